The lowest BCUT2D eigenvalue weighted by Gasteiger charge is -2.20. The highest BCUT2D eigenvalue weighted by Gasteiger charge is 2.41. The van der Waals surface area contributed by atoms with Gasteiger partial charge >= 0.3 is 5.97 Å². The van der Waals surface area contributed by atoms with Crippen LogP contribution < -0.4 is 4.72 Å². The van der Waals surface area contributed by atoms with Crippen molar-refractivity contribution in [1.29, 1.82) is 0 Å². The van der Waals surface area contributed by atoms with Gasteiger partial charge in [-0.25, -0.2) is 13.1 Å². The molecule has 1 aromatic rings. The summed E-state index contributed by atoms with van der Waals surface area (Å²) >= 11 is 0. The molecule has 1 atom stereocenters. The minimum atomic E-state index is -3.51. The first-order valence-electron chi connectivity index (χ1n) is 7.78. The number of carboxylic acid groups (broad SMARTS) is 1. The van der Waals surface area contributed by atoms with Crippen LogP contribution in [0.2, 0.25) is 0 Å². The van der Waals surface area contributed by atoms with Gasteiger partial charge in [-0.15, -0.1) is 0 Å². The fraction of sp³-hybridized carbons (Fsp3) is 0.500. The van der Waals surface area contributed by atoms with Gasteiger partial charge in [0, 0.05) is 19.6 Å². The number of carbonyl (C=O) groups excluding carboxylic acids is 1. The topological polar surface area (TPSA) is 104 Å². The quantitative estimate of drug-likeness (QED) is 0.788. The number of aliphatic carboxylic acids is 1. The van der Waals surface area contributed by atoms with Gasteiger partial charge in [0.15, 0.2) is 0 Å². The molecule has 24 heavy (non-hydrogen) atoms. The number of hydrogen-bond donors (Lipinski definition) is 2. The summed E-state index contributed by atoms with van der Waals surface area (Å²) in [4.78, 5) is 25.3. The second kappa shape index (κ2) is 6.90. The van der Waals surface area contributed by atoms with E-state index in [9.17, 15) is 23.1 Å². The van der Waals surface area contributed by atoms with E-state index >= 15 is 0 Å². The zero-order chi connectivity index (χ0) is 18.0. The zero-order valence-electron chi connectivity index (χ0n) is 13.8. The molecule has 1 aliphatic heterocycles. The number of hydrogen-bond acceptors (Lipinski definition) is 4. The Morgan fingerprint density at radius 1 is 1.29 bits per heavy atom. The van der Waals surface area contributed by atoms with E-state index in [1.165, 1.54) is 12.1 Å². The molecule has 1 saturated heterocycles. The van der Waals surface area contributed by atoms with Crippen molar-refractivity contribution in [2.75, 3.05) is 19.6 Å². The molecule has 1 heterocycles. The third kappa shape index (κ3) is 3.93. The number of carboxylic acids is 1. The van der Waals surface area contributed by atoms with Crippen LogP contribution in [-0.4, -0.2) is 49.9 Å². The Morgan fingerprint density at radius 2 is 1.92 bits per heavy atom. The van der Waals surface area contributed by atoms with Gasteiger partial charge in [0.1, 0.15) is 0 Å². The Labute approximate surface area is 141 Å². The van der Waals surface area contributed by atoms with Crippen molar-refractivity contribution in [1.82, 2.24) is 9.62 Å². The lowest BCUT2D eigenvalue weighted by atomic mass is 9.90. The van der Waals surface area contributed by atoms with Crippen molar-refractivity contribution in [3.63, 3.8) is 0 Å². The number of carbonyl (C=O) groups is 2. The van der Waals surface area contributed by atoms with Gasteiger partial charge in [0.2, 0.25) is 15.9 Å². The molecule has 0 spiro atoms. The van der Waals surface area contributed by atoms with Gasteiger partial charge in [-0.3, -0.25) is 9.59 Å². The standard InChI is InChI=1S/C16H22N2O5S/c1-3-17-24(22,23)13-6-4-12(5-7-13)10-14(19)18-9-8-16(2,11-18)15(20)21/h4-7,17H,3,8-11H2,1-2H3,(H,20,21). The molecule has 0 saturated carbocycles. The smallest absolute Gasteiger partial charge is 0.311 e. The summed E-state index contributed by atoms with van der Waals surface area (Å²) in [6.07, 6.45) is 0.561. The van der Waals surface area contributed by atoms with E-state index in [1.54, 1.807) is 30.9 Å². The second-order valence-electron chi connectivity index (χ2n) is 6.25. The summed E-state index contributed by atoms with van der Waals surface area (Å²) in [7, 11) is -3.51. The first kappa shape index (κ1) is 18.4. The molecule has 8 heteroatoms. The third-order valence-corrected chi connectivity index (χ3v) is 5.83. The fourth-order valence-electron chi connectivity index (χ4n) is 2.69. The lowest BCUT2D eigenvalue weighted by molar-refractivity contribution is -0.147. The fourth-order valence-corrected chi connectivity index (χ4v) is 3.74. The van der Waals surface area contributed by atoms with E-state index in [4.69, 9.17) is 0 Å². The maximum atomic E-state index is 12.3. The van der Waals surface area contributed by atoms with Crippen molar-refractivity contribution < 1.29 is 23.1 Å². The largest absolute Gasteiger partial charge is 0.481 e. The number of nitrogens with zero attached hydrogens (tertiary/aromatic N) is 1. The van der Waals surface area contributed by atoms with Crippen LogP contribution >= 0.6 is 0 Å². The highest BCUT2D eigenvalue weighted by atomic mass is 32.2. The number of rotatable bonds is 6. The average molecular weight is 354 g/mol. The molecular weight excluding hydrogens is 332 g/mol. The summed E-state index contributed by atoms with van der Waals surface area (Å²) in [6.45, 7) is 4.27. The number of likely N-dealkylation sites (tertiary alicyclic amines) is 1. The number of benzene rings is 1. The summed E-state index contributed by atoms with van der Waals surface area (Å²) in [5.41, 5.74) is -0.196. The van der Waals surface area contributed by atoms with Crippen LogP contribution in [0.1, 0.15) is 25.8 Å². The van der Waals surface area contributed by atoms with E-state index in [0.717, 1.165) is 0 Å². The Bertz CT molecular complexity index is 729. The molecule has 0 aliphatic carbocycles. The van der Waals surface area contributed by atoms with Gasteiger partial charge in [0.05, 0.1) is 16.7 Å². The number of nitrogens with one attached hydrogen (secondary N) is 1. The van der Waals surface area contributed by atoms with Crippen molar-refractivity contribution in [2.45, 2.75) is 31.6 Å². The van der Waals surface area contributed by atoms with Crippen LogP contribution in [-0.2, 0) is 26.0 Å². The van der Waals surface area contributed by atoms with Crippen LogP contribution in [0.3, 0.4) is 0 Å². The molecule has 0 aromatic heterocycles. The molecule has 0 radical (unpaired) electrons. The van der Waals surface area contributed by atoms with Crippen LogP contribution in [0.15, 0.2) is 29.2 Å². The van der Waals surface area contributed by atoms with Crippen LogP contribution in [0.4, 0.5) is 0 Å². The highest BCUT2D eigenvalue weighted by molar-refractivity contribution is 7.89. The van der Waals surface area contributed by atoms with Gasteiger partial charge in [0.25, 0.3) is 0 Å². The maximum absolute atomic E-state index is 12.3. The van der Waals surface area contributed by atoms with Crippen LogP contribution in [0, 0.1) is 5.41 Å². The van der Waals surface area contributed by atoms with Crippen molar-refractivity contribution in [2.24, 2.45) is 5.41 Å². The molecule has 1 amide bonds. The average Bonchev–Trinajstić information content (AvgIpc) is 2.92. The molecule has 1 aliphatic rings. The second-order valence-corrected chi connectivity index (χ2v) is 8.02. The number of amides is 1. The monoisotopic (exact) mass is 354 g/mol. The van der Waals surface area contributed by atoms with E-state index in [-0.39, 0.29) is 23.8 Å². The highest BCUT2D eigenvalue weighted by Crippen LogP contribution is 2.30. The first-order valence-corrected chi connectivity index (χ1v) is 9.26. The molecule has 0 bridgehead atoms. The van der Waals surface area contributed by atoms with Crippen molar-refractivity contribution >= 4 is 21.9 Å². The molecule has 1 fully saturated rings. The zero-order valence-corrected chi connectivity index (χ0v) is 14.6. The maximum Gasteiger partial charge on any atom is 0.311 e. The Hall–Kier alpha value is -1.93. The first-order chi connectivity index (χ1) is 11.2. The molecular formula is C16H22N2O5S. The summed E-state index contributed by atoms with van der Waals surface area (Å²) in [5.74, 6) is -1.04. The Kier molecular flexibility index (Phi) is 5.29. The molecule has 1 aromatic carbocycles. The van der Waals surface area contributed by atoms with E-state index < -0.39 is 21.4 Å². The summed E-state index contributed by atoms with van der Waals surface area (Å²) in [6, 6.07) is 6.14. The molecule has 1 unspecified atom stereocenters. The van der Waals surface area contributed by atoms with Crippen LogP contribution in [0.5, 0.6) is 0 Å². The Balaban J connectivity index is 2.02. The normalized spacial score (nSPS) is 21.0. The van der Waals surface area contributed by atoms with E-state index in [2.05, 4.69) is 4.72 Å². The Morgan fingerprint density at radius 3 is 2.42 bits per heavy atom. The molecule has 132 valence electrons. The van der Waals surface area contributed by atoms with Gasteiger partial charge in [-0.05, 0) is 31.0 Å². The van der Waals surface area contributed by atoms with E-state index in [0.29, 0.717) is 25.1 Å². The van der Waals surface area contributed by atoms with Gasteiger partial charge in [-0.1, -0.05) is 19.1 Å². The van der Waals surface area contributed by atoms with Crippen LogP contribution in [0.25, 0.3) is 0 Å². The molecule has 2 N–H and O–H groups in total. The van der Waals surface area contributed by atoms with Crippen molar-refractivity contribution in [3.05, 3.63) is 29.8 Å². The number of sulfonamides is 1. The summed E-state index contributed by atoms with van der Waals surface area (Å²) < 4.78 is 26.1. The minimum Gasteiger partial charge on any atom is -0.481 e. The van der Waals surface area contributed by atoms with Crippen molar-refractivity contribution in [3.8, 4) is 0 Å². The molecule has 2 rings (SSSR count). The van der Waals surface area contributed by atoms with Gasteiger partial charge in [-0.2, -0.15) is 0 Å². The third-order valence-electron chi connectivity index (χ3n) is 4.27. The molecule has 7 nitrogen and oxygen atoms in total. The summed E-state index contributed by atoms with van der Waals surface area (Å²) in [5, 5.41) is 9.21. The van der Waals surface area contributed by atoms with E-state index in [1.807, 2.05) is 0 Å². The SMILES string of the molecule is CCNS(=O)(=O)c1ccc(CC(=O)N2CCC(C)(C(=O)O)C2)cc1. The predicted octanol–water partition coefficient (Wildman–Crippen LogP) is 0.850. The lowest BCUT2D eigenvalue weighted by Crippen LogP contribution is -2.35. The van der Waals surface area contributed by atoms with Gasteiger partial charge < -0.3 is 10.0 Å². The predicted molar refractivity (Wildman–Crippen MR) is 87.9 cm³/mol. The minimum absolute atomic E-state index is 0.122.